The van der Waals surface area contributed by atoms with Gasteiger partial charge in [0, 0.05) is 11.3 Å². The van der Waals surface area contributed by atoms with E-state index in [0.717, 1.165) is 23.3 Å². The highest BCUT2D eigenvalue weighted by Gasteiger charge is 2.30. The van der Waals surface area contributed by atoms with Crippen LogP contribution in [0.15, 0.2) is 53.2 Å². The van der Waals surface area contributed by atoms with Crippen molar-refractivity contribution in [1.82, 2.24) is 20.3 Å². The van der Waals surface area contributed by atoms with Crippen molar-refractivity contribution in [2.24, 2.45) is 0 Å². The summed E-state index contributed by atoms with van der Waals surface area (Å²) in [7, 11) is 0. The van der Waals surface area contributed by atoms with Gasteiger partial charge >= 0.3 is 6.18 Å². The summed E-state index contributed by atoms with van der Waals surface area (Å²) < 4.78 is 43.6. The zero-order valence-electron chi connectivity index (χ0n) is 13.9. The first-order chi connectivity index (χ1) is 12.9. The van der Waals surface area contributed by atoms with Crippen molar-refractivity contribution in [3.8, 4) is 11.3 Å². The van der Waals surface area contributed by atoms with Gasteiger partial charge in [-0.1, -0.05) is 29.8 Å². The molecule has 4 aromatic rings. The molecule has 0 radical (unpaired) electrons. The van der Waals surface area contributed by atoms with E-state index < -0.39 is 11.7 Å². The number of rotatable bonds is 3. The molecule has 2 heterocycles. The minimum atomic E-state index is -4.44. The molecule has 9 heteroatoms. The Labute approximate surface area is 151 Å². The summed E-state index contributed by atoms with van der Waals surface area (Å²) in [6.07, 6.45) is -4.44. The highest BCUT2D eigenvalue weighted by atomic mass is 19.4. The lowest BCUT2D eigenvalue weighted by Crippen LogP contribution is -2.06. The van der Waals surface area contributed by atoms with Gasteiger partial charge in [-0.05, 0) is 41.5 Å². The molecular weight excluding hydrogens is 359 g/mol. The van der Waals surface area contributed by atoms with Crippen LogP contribution in [0.25, 0.3) is 22.6 Å². The second kappa shape index (κ2) is 6.35. The molecule has 2 aromatic heterocycles. The predicted octanol–water partition coefficient (Wildman–Crippen LogP) is 4.75. The summed E-state index contributed by atoms with van der Waals surface area (Å²) in [5.74, 6) is 0.253. The van der Waals surface area contributed by atoms with Crippen LogP contribution in [0.4, 0.5) is 24.7 Å². The maximum absolute atomic E-state index is 13.0. The summed E-state index contributed by atoms with van der Waals surface area (Å²) in [5.41, 5.74) is 1.99. The fourth-order valence-corrected chi connectivity index (χ4v) is 2.63. The molecule has 2 aromatic carbocycles. The molecule has 6 nitrogen and oxygen atoms in total. The molecule has 0 unspecified atom stereocenters. The molecule has 27 heavy (non-hydrogen) atoms. The van der Waals surface area contributed by atoms with Crippen LogP contribution < -0.4 is 5.32 Å². The number of aryl methyl sites for hydroxylation is 1. The fraction of sp³-hybridized carbons (Fsp3) is 0.111. The highest BCUT2D eigenvalue weighted by Crippen LogP contribution is 2.33. The molecule has 136 valence electrons. The molecule has 4 rings (SSSR count). The van der Waals surface area contributed by atoms with E-state index in [2.05, 4.69) is 30.2 Å². The first kappa shape index (κ1) is 17.0. The van der Waals surface area contributed by atoms with E-state index in [4.69, 9.17) is 0 Å². The summed E-state index contributed by atoms with van der Waals surface area (Å²) in [6, 6.07) is 12.3. The summed E-state index contributed by atoms with van der Waals surface area (Å²) in [6.45, 7) is 1.92. The number of aromatic nitrogens is 4. The van der Waals surface area contributed by atoms with Gasteiger partial charge < -0.3 is 5.32 Å². The maximum atomic E-state index is 13.0. The van der Waals surface area contributed by atoms with Gasteiger partial charge in [0.2, 0.25) is 11.3 Å². The predicted molar refractivity (Wildman–Crippen MR) is 92.3 cm³/mol. The Hall–Kier alpha value is -3.49. The molecule has 0 aliphatic heterocycles. The normalized spacial score (nSPS) is 11.7. The Morgan fingerprint density at radius 1 is 0.926 bits per heavy atom. The molecule has 0 saturated heterocycles. The molecule has 0 spiro atoms. The molecule has 0 aliphatic rings. The van der Waals surface area contributed by atoms with Gasteiger partial charge in [-0.15, -0.1) is 0 Å². The van der Waals surface area contributed by atoms with E-state index in [1.54, 1.807) is 0 Å². The van der Waals surface area contributed by atoms with Crippen molar-refractivity contribution >= 4 is 22.8 Å². The zero-order valence-corrected chi connectivity index (χ0v) is 13.9. The van der Waals surface area contributed by atoms with Crippen LogP contribution in [-0.4, -0.2) is 20.3 Å². The summed E-state index contributed by atoms with van der Waals surface area (Å²) in [4.78, 5) is 8.71. The third-order valence-corrected chi connectivity index (χ3v) is 3.86. The van der Waals surface area contributed by atoms with E-state index in [-0.39, 0.29) is 22.8 Å². The smallest absolute Gasteiger partial charge is 0.338 e. The number of hydrogen-bond acceptors (Lipinski definition) is 6. The first-order valence-electron chi connectivity index (χ1n) is 7.92. The number of fused-ring (bicyclic) bond motifs is 1. The number of nitrogens with one attached hydrogen (secondary N) is 1. The van der Waals surface area contributed by atoms with E-state index in [1.807, 2.05) is 31.2 Å². The summed E-state index contributed by atoms with van der Waals surface area (Å²) >= 11 is 0. The molecule has 0 saturated carbocycles. The third kappa shape index (κ3) is 3.43. The van der Waals surface area contributed by atoms with Gasteiger partial charge in [0.1, 0.15) is 5.69 Å². The van der Waals surface area contributed by atoms with E-state index in [0.29, 0.717) is 5.69 Å². The van der Waals surface area contributed by atoms with Crippen LogP contribution in [0.2, 0.25) is 0 Å². The van der Waals surface area contributed by atoms with Crippen LogP contribution in [0.3, 0.4) is 0 Å². The molecular formula is C18H12F3N5O. The molecule has 1 N–H and O–H groups in total. The number of benzene rings is 2. The molecule has 0 atom stereocenters. The van der Waals surface area contributed by atoms with Crippen LogP contribution in [0.5, 0.6) is 0 Å². The number of alkyl halides is 3. The largest absolute Gasteiger partial charge is 0.416 e. The Morgan fingerprint density at radius 3 is 2.41 bits per heavy atom. The van der Waals surface area contributed by atoms with Gasteiger partial charge in [-0.3, -0.25) is 0 Å². The Kier molecular flexibility index (Phi) is 3.98. The zero-order chi connectivity index (χ0) is 19.0. The Balaban J connectivity index is 1.82. The fourth-order valence-electron chi connectivity index (χ4n) is 2.63. The number of nitrogens with zero attached hydrogens (tertiary/aromatic N) is 4. The quantitative estimate of drug-likeness (QED) is 0.560. The van der Waals surface area contributed by atoms with Crippen molar-refractivity contribution in [3.05, 3.63) is 59.7 Å². The van der Waals surface area contributed by atoms with Gasteiger partial charge in [-0.2, -0.15) is 13.2 Å². The van der Waals surface area contributed by atoms with Crippen molar-refractivity contribution in [2.75, 3.05) is 5.32 Å². The average molecular weight is 371 g/mol. The molecule has 0 bridgehead atoms. The van der Waals surface area contributed by atoms with Gasteiger partial charge in [0.05, 0.1) is 5.56 Å². The van der Waals surface area contributed by atoms with Crippen LogP contribution in [0, 0.1) is 6.92 Å². The van der Waals surface area contributed by atoms with Gasteiger partial charge in [-0.25, -0.2) is 14.6 Å². The van der Waals surface area contributed by atoms with Crippen LogP contribution in [-0.2, 0) is 6.18 Å². The number of halogens is 3. The maximum Gasteiger partial charge on any atom is 0.416 e. The van der Waals surface area contributed by atoms with Crippen molar-refractivity contribution < 1.29 is 17.8 Å². The second-order valence-corrected chi connectivity index (χ2v) is 5.91. The van der Waals surface area contributed by atoms with Gasteiger partial charge in [0.15, 0.2) is 5.82 Å². The summed E-state index contributed by atoms with van der Waals surface area (Å²) in [5, 5.41) is 10.2. The number of hydrogen-bond donors (Lipinski definition) is 1. The molecule has 0 aliphatic carbocycles. The third-order valence-electron chi connectivity index (χ3n) is 3.86. The Morgan fingerprint density at radius 2 is 1.67 bits per heavy atom. The molecule has 0 amide bonds. The lowest BCUT2D eigenvalue weighted by atomic mass is 10.1. The van der Waals surface area contributed by atoms with Crippen LogP contribution in [0.1, 0.15) is 11.1 Å². The van der Waals surface area contributed by atoms with E-state index in [9.17, 15) is 13.2 Å². The Bertz CT molecular complexity index is 1120. The average Bonchev–Trinajstić information content (AvgIpc) is 3.08. The van der Waals surface area contributed by atoms with Crippen molar-refractivity contribution in [2.45, 2.75) is 13.1 Å². The monoisotopic (exact) mass is 371 g/mol. The number of anilines is 2. The minimum absolute atomic E-state index is 0.154. The highest BCUT2D eigenvalue weighted by molar-refractivity contribution is 5.81. The second-order valence-electron chi connectivity index (χ2n) is 5.91. The lowest BCUT2D eigenvalue weighted by Gasteiger charge is -2.12. The minimum Gasteiger partial charge on any atom is -0.338 e. The SMILES string of the molecule is Cc1cccc(-c2nc3nonc3nc2Nc2cccc(C(F)(F)F)c2)c1. The van der Waals surface area contributed by atoms with Crippen molar-refractivity contribution in [1.29, 1.82) is 0 Å². The lowest BCUT2D eigenvalue weighted by molar-refractivity contribution is -0.137. The molecule has 0 fully saturated rings. The van der Waals surface area contributed by atoms with E-state index in [1.165, 1.54) is 12.1 Å². The van der Waals surface area contributed by atoms with Gasteiger partial charge in [0.25, 0.3) is 0 Å². The van der Waals surface area contributed by atoms with Crippen molar-refractivity contribution in [3.63, 3.8) is 0 Å². The first-order valence-corrected chi connectivity index (χ1v) is 7.92. The topological polar surface area (TPSA) is 76.7 Å². The standard InChI is InChI=1S/C18H12F3N5O/c1-10-4-2-5-11(8-10)14-15(24-17-16(23-14)25-27-26-17)22-13-7-3-6-12(9-13)18(19,20)21/h2-9H,1H3,(H,22,24,26). The van der Waals surface area contributed by atoms with Crippen LogP contribution >= 0.6 is 0 Å². The van der Waals surface area contributed by atoms with E-state index >= 15 is 0 Å².